The lowest BCUT2D eigenvalue weighted by Gasteiger charge is -2.07. The first kappa shape index (κ1) is 14.2. The molecule has 96 valence electrons. The summed E-state index contributed by atoms with van der Waals surface area (Å²) in [6, 6.07) is 10.2. The zero-order chi connectivity index (χ0) is 12.3. The SMILES string of the molecule is C[C@H](O)CNCCCCOCc1ccccc1. The molecule has 0 bridgehead atoms. The van der Waals surface area contributed by atoms with Gasteiger partial charge in [0, 0.05) is 13.2 Å². The van der Waals surface area contributed by atoms with Crippen LogP contribution in [-0.4, -0.2) is 30.9 Å². The van der Waals surface area contributed by atoms with Crippen molar-refractivity contribution in [3.63, 3.8) is 0 Å². The summed E-state index contributed by atoms with van der Waals surface area (Å²) in [6.07, 6.45) is 1.88. The molecule has 3 heteroatoms. The van der Waals surface area contributed by atoms with Crippen molar-refractivity contribution in [2.45, 2.75) is 32.5 Å². The number of hydrogen-bond acceptors (Lipinski definition) is 3. The van der Waals surface area contributed by atoms with Crippen LogP contribution in [0.5, 0.6) is 0 Å². The first-order valence-corrected chi connectivity index (χ1v) is 6.29. The molecule has 0 amide bonds. The lowest BCUT2D eigenvalue weighted by molar-refractivity contribution is 0.117. The molecule has 2 N–H and O–H groups in total. The third-order valence-corrected chi connectivity index (χ3v) is 2.44. The highest BCUT2D eigenvalue weighted by Gasteiger charge is 1.95. The molecule has 0 aliphatic rings. The summed E-state index contributed by atoms with van der Waals surface area (Å²) in [4.78, 5) is 0. The highest BCUT2D eigenvalue weighted by molar-refractivity contribution is 5.13. The van der Waals surface area contributed by atoms with Crippen LogP contribution in [0.25, 0.3) is 0 Å². The van der Waals surface area contributed by atoms with Crippen LogP contribution in [-0.2, 0) is 11.3 Å². The minimum atomic E-state index is -0.260. The molecule has 1 aromatic rings. The highest BCUT2D eigenvalue weighted by atomic mass is 16.5. The Morgan fingerprint density at radius 3 is 2.71 bits per heavy atom. The molecule has 0 unspecified atom stereocenters. The molecular formula is C14H23NO2. The quantitative estimate of drug-likeness (QED) is 0.645. The Morgan fingerprint density at radius 2 is 2.00 bits per heavy atom. The van der Waals surface area contributed by atoms with Crippen LogP contribution in [0.2, 0.25) is 0 Å². The summed E-state index contributed by atoms with van der Waals surface area (Å²) in [5.74, 6) is 0. The maximum Gasteiger partial charge on any atom is 0.0716 e. The summed E-state index contributed by atoms with van der Waals surface area (Å²) >= 11 is 0. The topological polar surface area (TPSA) is 41.5 Å². The van der Waals surface area contributed by atoms with Gasteiger partial charge in [-0.3, -0.25) is 0 Å². The number of ether oxygens (including phenoxy) is 1. The summed E-state index contributed by atoms with van der Waals surface area (Å²) < 4.78 is 5.57. The van der Waals surface area contributed by atoms with E-state index in [1.807, 2.05) is 18.2 Å². The predicted molar refractivity (Wildman–Crippen MR) is 69.9 cm³/mol. The van der Waals surface area contributed by atoms with Gasteiger partial charge in [-0.25, -0.2) is 0 Å². The number of aliphatic hydroxyl groups excluding tert-OH is 1. The molecule has 0 saturated carbocycles. The van der Waals surface area contributed by atoms with Crippen molar-refractivity contribution < 1.29 is 9.84 Å². The molecule has 0 aliphatic heterocycles. The average molecular weight is 237 g/mol. The number of rotatable bonds is 9. The second-order valence-corrected chi connectivity index (χ2v) is 4.30. The van der Waals surface area contributed by atoms with Crippen molar-refractivity contribution in [3.8, 4) is 0 Å². The fourth-order valence-corrected chi connectivity index (χ4v) is 1.53. The van der Waals surface area contributed by atoms with Crippen molar-refractivity contribution in [1.29, 1.82) is 0 Å². The minimum Gasteiger partial charge on any atom is -0.392 e. The second kappa shape index (κ2) is 9.16. The molecular weight excluding hydrogens is 214 g/mol. The van der Waals surface area contributed by atoms with E-state index < -0.39 is 0 Å². The highest BCUT2D eigenvalue weighted by Crippen LogP contribution is 2.01. The van der Waals surface area contributed by atoms with Crippen LogP contribution < -0.4 is 5.32 Å². The van der Waals surface area contributed by atoms with Gasteiger partial charge in [0.2, 0.25) is 0 Å². The van der Waals surface area contributed by atoms with Crippen molar-refractivity contribution in [1.82, 2.24) is 5.32 Å². The van der Waals surface area contributed by atoms with Crippen LogP contribution in [0.3, 0.4) is 0 Å². The van der Waals surface area contributed by atoms with Gasteiger partial charge in [0.1, 0.15) is 0 Å². The molecule has 0 aliphatic carbocycles. The van der Waals surface area contributed by atoms with E-state index in [2.05, 4.69) is 17.4 Å². The van der Waals surface area contributed by atoms with Gasteiger partial charge in [-0.2, -0.15) is 0 Å². The molecule has 1 aromatic carbocycles. The fourth-order valence-electron chi connectivity index (χ4n) is 1.53. The molecule has 0 aromatic heterocycles. The van der Waals surface area contributed by atoms with Gasteiger partial charge in [0.05, 0.1) is 12.7 Å². The van der Waals surface area contributed by atoms with E-state index >= 15 is 0 Å². The van der Waals surface area contributed by atoms with E-state index in [0.717, 1.165) is 26.0 Å². The van der Waals surface area contributed by atoms with Gasteiger partial charge >= 0.3 is 0 Å². The standard InChI is InChI=1S/C14H23NO2/c1-13(16)11-15-9-5-6-10-17-12-14-7-3-2-4-8-14/h2-4,7-8,13,15-16H,5-6,9-12H2,1H3/t13-/m0/s1. The van der Waals surface area contributed by atoms with Crippen LogP contribution in [0.4, 0.5) is 0 Å². The van der Waals surface area contributed by atoms with Gasteiger partial charge in [0.25, 0.3) is 0 Å². The Morgan fingerprint density at radius 1 is 1.24 bits per heavy atom. The molecule has 0 radical (unpaired) electrons. The van der Waals surface area contributed by atoms with E-state index in [-0.39, 0.29) is 6.10 Å². The molecule has 0 fully saturated rings. The van der Waals surface area contributed by atoms with E-state index in [1.165, 1.54) is 5.56 Å². The Hall–Kier alpha value is -0.900. The van der Waals surface area contributed by atoms with E-state index in [4.69, 9.17) is 9.84 Å². The fraction of sp³-hybridized carbons (Fsp3) is 0.571. The van der Waals surface area contributed by atoms with Crippen LogP contribution in [0.15, 0.2) is 30.3 Å². The molecule has 1 rings (SSSR count). The Labute approximate surface area is 104 Å². The van der Waals surface area contributed by atoms with Crippen molar-refractivity contribution in [2.75, 3.05) is 19.7 Å². The van der Waals surface area contributed by atoms with Gasteiger partial charge in [-0.05, 0) is 31.9 Å². The van der Waals surface area contributed by atoms with Crippen molar-refractivity contribution in [2.24, 2.45) is 0 Å². The van der Waals surface area contributed by atoms with Gasteiger partial charge in [-0.1, -0.05) is 30.3 Å². The van der Waals surface area contributed by atoms with E-state index in [1.54, 1.807) is 6.92 Å². The normalized spacial score (nSPS) is 12.6. The Kier molecular flexibility index (Phi) is 7.63. The summed E-state index contributed by atoms with van der Waals surface area (Å²) in [5, 5.41) is 12.2. The molecule has 17 heavy (non-hydrogen) atoms. The summed E-state index contributed by atoms with van der Waals surface area (Å²) in [6.45, 7) is 4.90. The molecule has 0 spiro atoms. The number of benzene rings is 1. The third kappa shape index (κ3) is 7.91. The largest absolute Gasteiger partial charge is 0.392 e. The zero-order valence-electron chi connectivity index (χ0n) is 10.6. The first-order chi connectivity index (χ1) is 8.29. The predicted octanol–water partition coefficient (Wildman–Crippen LogP) is 1.95. The van der Waals surface area contributed by atoms with Crippen LogP contribution in [0.1, 0.15) is 25.3 Å². The van der Waals surface area contributed by atoms with Crippen molar-refractivity contribution in [3.05, 3.63) is 35.9 Å². The lowest BCUT2D eigenvalue weighted by Crippen LogP contribution is -2.25. The monoisotopic (exact) mass is 237 g/mol. The van der Waals surface area contributed by atoms with Gasteiger partial charge < -0.3 is 15.2 Å². The molecule has 0 saturated heterocycles. The molecule has 1 atom stereocenters. The Bertz CT molecular complexity index is 275. The third-order valence-electron chi connectivity index (χ3n) is 2.44. The zero-order valence-corrected chi connectivity index (χ0v) is 10.6. The number of aliphatic hydroxyl groups is 1. The molecule has 3 nitrogen and oxygen atoms in total. The van der Waals surface area contributed by atoms with Crippen LogP contribution in [0, 0.1) is 0 Å². The first-order valence-electron chi connectivity index (χ1n) is 6.29. The van der Waals surface area contributed by atoms with E-state index in [9.17, 15) is 0 Å². The van der Waals surface area contributed by atoms with Crippen LogP contribution >= 0.6 is 0 Å². The number of unbranched alkanes of at least 4 members (excludes halogenated alkanes) is 1. The smallest absolute Gasteiger partial charge is 0.0716 e. The minimum absolute atomic E-state index is 0.260. The maximum absolute atomic E-state index is 9.03. The van der Waals surface area contributed by atoms with Gasteiger partial charge in [0.15, 0.2) is 0 Å². The Balaban J connectivity index is 1.88. The average Bonchev–Trinajstić information content (AvgIpc) is 2.33. The van der Waals surface area contributed by atoms with Crippen molar-refractivity contribution >= 4 is 0 Å². The van der Waals surface area contributed by atoms with E-state index in [0.29, 0.717) is 13.2 Å². The maximum atomic E-state index is 9.03. The summed E-state index contributed by atoms with van der Waals surface area (Å²) in [7, 11) is 0. The second-order valence-electron chi connectivity index (χ2n) is 4.30. The number of hydrogen-bond donors (Lipinski definition) is 2. The number of nitrogens with one attached hydrogen (secondary N) is 1. The summed E-state index contributed by atoms with van der Waals surface area (Å²) in [5.41, 5.74) is 1.22. The molecule has 0 heterocycles. The lowest BCUT2D eigenvalue weighted by atomic mass is 10.2. The van der Waals surface area contributed by atoms with Gasteiger partial charge in [-0.15, -0.1) is 0 Å².